The number of halogens is 2. The number of pyridine rings is 1. The maximum atomic E-state index is 13.4. The van der Waals surface area contributed by atoms with E-state index in [0.717, 1.165) is 18.2 Å². The Labute approximate surface area is 158 Å². The minimum atomic E-state index is -0.731. The van der Waals surface area contributed by atoms with E-state index in [1.165, 1.54) is 37.3 Å². The smallest absolute Gasteiger partial charge is 0.273 e. The van der Waals surface area contributed by atoms with Crippen molar-refractivity contribution in [3.63, 3.8) is 0 Å². The molecule has 0 aliphatic heterocycles. The van der Waals surface area contributed by atoms with Crippen molar-refractivity contribution in [3.05, 3.63) is 66.0 Å². The molecule has 8 nitrogen and oxygen atoms in total. The second-order valence-corrected chi connectivity index (χ2v) is 5.39. The van der Waals surface area contributed by atoms with Gasteiger partial charge in [0.15, 0.2) is 5.71 Å². The van der Waals surface area contributed by atoms with Crippen LogP contribution in [0.4, 0.5) is 8.78 Å². The van der Waals surface area contributed by atoms with Gasteiger partial charge in [-0.25, -0.2) is 18.4 Å². The van der Waals surface area contributed by atoms with Gasteiger partial charge in [-0.1, -0.05) is 5.16 Å². The molecular weight excluding hydrogens is 372 g/mol. The predicted molar refractivity (Wildman–Crippen MR) is 95.4 cm³/mol. The number of benzene rings is 1. The normalized spacial score (nSPS) is 11.2. The summed E-state index contributed by atoms with van der Waals surface area (Å²) in [6.45, 7) is 0. The molecule has 1 aromatic carbocycles. The molecule has 1 amide bonds. The van der Waals surface area contributed by atoms with Gasteiger partial charge in [0.05, 0.1) is 11.3 Å². The molecule has 0 atom stereocenters. The molecule has 2 aromatic heterocycles. The van der Waals surface area contributed by atoms with Crippen LogP contribution in [-0.2, 0) is 9.63 Å². The van der Waals surface area contributed by atoms with Crippen molar-refractivity contribution < 1.29 is 23.1 Å². The molecule has 3 aromatic rings. The Hall–Kier alpha value is -3.82. The third-order valence-corrected chi connectivity index (χ3v) is 3.53. The highest BCUT2D eigenvalue weighted by Crippen LogP contribution is 2.23. The van der Waals surface area contributed by atoms with Crippen LogP contribution in [0, 0.1) is 11.6 Å². The van der Waals surface area contributed by atoms with E-state index < -0.39 is 17.5 Å². The van der Waals surface area contributed by atoms with Gasteiger partial charge in [0, 0.05) is 31.6 Å². The van der Waals surface area contributed by atoms with E-state index in [4.69, 9.17) is 9.57 Å². The third-order valence-electron chi connectivity index (χ3n) is 3.53. The van der Waals surface area contributed by atoms with Gasteiger partial charge >= 0.3 is 0 Å². The zero-order valence-electron chi connectivity index (χ0n) is 14.9. The van der Waals surface area contributed by atoms with Gasteiger partial charge in [-0.05, 0) is 24.3 Å². The molecule has 28 heavy (non-hydrogen) atoms. The van der Waals surface area contributed by atoms with E-state index in [9.17, 15) is 13.6 Å². The second kappa shape index (κ2) is 8.25. The average Bonchev–Trinajstić information content (AvgIpc) is 3.14. The minimum absolute atomic E-state index is 0.0419. The molecule has 0 spiro atoms. The summed E-state index contributed by atoms with van der Waals surface area (Å²) in [7, 11) is 2.75. The second-order valence-electron chi connectivity index (χ2n) is 5.39. The van der Waals surface area contributed by atoms with Gasteiger partial charge in [-0.2, -0.15) is 0 Å². The summed E-state index contributed by atoms with van der Waals surface area (Å²) in [6, 6.07) is 7.68. The largest absolute Gasteiger partial charge is 0.418 e. The van der Waals surface area contributed by atoms with E-state index >= 15 is 0 Å². The first-order valence-electron chi connectivity index (χ1n) is 8.00. The van der Waals surface area contributed by atoms with Crippen LogP contribution < -0.4 is 10.1 Å². The lowest BCUT2D eigenvalue weighted by Gasteiger charge is -2.09. The number of likely N-dealkylation sites (N-methyl/N-ethyl adjacent to an activating group) is 1. The number of nitrogens with one attached hydrogen (secondary N) is 1. The fraction of sp³-hybridized carbons (Fsp3) is 0.111. The zero-order chi connectivity index (χ0) is 20.1. The molecule has 0 saturated heterocycles. The molecule has 0 fully saturated rings. The maximum absolute atomic E-state index is 13.4. The summed E-state index contributed by atoms with van der Waals surface area (Å²) in [5.74, 6) is -1.81. The molecule has 144 valence electrons. The molecule has 0 bridgehead atoms. The SMILES string of the molecule is CNC(=O)/C(=N/OC)c1cccnc1Oc1ccn(-c2cc(F)cc(F)c2)n1. The zero-order valence-corrected chi connectivity index (χ0v) is 14.9. The number of aromatic nitrogens is 3. The first-order valence-corrected chi connectivity index (χ1v) is 8.00. The highest BCUT2D eigenvalue weighted by molar-refractivity contribution is 6.45. The maximum Gasteiger partial charge on any atom is 0.273 e. The Morgan fingerprint density at radius 1 is 1.21 bits per heavy atom. The number of rotatable bonds is 6. The number of carbonyl (C=O) groups is 1. The number of nitrogens with zero attached hydrogens (tertiary/aromatic N) is 4. The van der Waals surface area contributed by atoms with E-state index in [-0.39, 0.29) is 28.7 Å². The Morgan fingerprint density at radius 2 is 1.96 bits per heavy atom. The highest BCUT2D eigenvalue weighted by atomic mass is 19.1. The van der Waals surface area contributed by atoms with Crippen LogP contribution in [0.15, 0.2) is 53.9 Å². The summed E-state index contributed by atoms with van der Waals surface area (Å²) in [6.07, 6.45) is 2.93. The topological polar surface area (TPSA) is 90.6 Å². The number of oxime groups is 1. The predicted octanol–water partition coefficient (Wildman–Crippen LogP) is 2.43. The van der Waals surface area contributed by atoms with E-state index in [1.54, 1.807) is 12.1 Å². The minimum Gasteiger partial charge on any atom is -0.418 e. The summed E-state index contributed by atoms with van der Waals surface area (Å²) < 4.78 is 33.7. The van der Waals surface area contributed by atoms with Crippen molar-refractivity contribution >= 4 is 11.6 Å². The van der Waals surface area contributed by atoms with Crippen molar-refractivity contribution in [2.24, 2.45) is 5.16 Å². The van der Waals surface area contributed by atoms with Crippen LogP contribution in [0.25, 0.3) is 5.69 Å². The summed E-state index contributed by atoms with van der Waals surface area (Å²) in [5.41, 5.74) is 0.412. The van der Waals surface area contributed by atoms with E-state index in [0.29, 0.717) is 0 Å². The first-order chi connectivity index (χ1) is 13.5. The van der Waals surface area contributed by atoms with Gasteiger partial charge in [0.1, 0.15) is 18.7 Å². The lowest BCUT2D eigenvalue weighted by atomic mass is 10.1. The van der Waals surface area contributed by atoms with Crippen molar-refractivity contribution in [2.75, 3.05) is 14.2 Å². The highest BCUT2D eigenvalue weighted by Gasteiger charge is 2.20. The number of carbonyl (C=O) groups excluding carboxylic acids is 1. The molecule has 2 heterocycles. The van der Waals surface area contributed by atoms with E-state index in [2.05, 4.69) is 20.6 Å². The van der Waals surface area contributed by atoms with Crippen LogP contribution in [0.2, 0.25) is 0 Å². The van der Waals surface area contributed by atoms with Crippen LogP contribution in [-0.4, -0.2) is 40.5 Å². The summed E-state index contributed by atoms with van der Waals surface area (Å²) in [4.78, 5) is 20.9. The number of amides is 1. The summed E-state index contributed by atoms with van der Waals surface area (Å²) in [5, 5.41) is 10.3. The molecule has 0 saturated carbocycles. The van der Waals surface area contributed by atoms with Crippen LogP contribution >= 0.6 is 0 Å². The molecule has 0 radical (unpaired) electrons. The van der Waals surface area contributed by atoms with Crippen molar-refractivity contribution in [1.29, 1.82) is 0 Å². The fourth-order valence-electron chi connectivity index (χ4n) is 2.35. The van der Waals surface area contributed by atoms with Crippen LogP contribution in [0.3, 0.4) is 0 Å². The fourth-order valence-corrected chi connectivity index (χ4v) is 2.35. The molecule has 1 N–H and O–H groups in total. The average molecular weight is 387 g/mol. The van der Waals surface area contributed by atoms with Gasteiger partial charge in [0.25, 0.3) is 5.91 Å². The molecule has 0 unspecified atom stereocenters. The summed E-state index contributed by atoms with van der Waals surface area (Å²) >= 11 is 0. The molecule has 0 aliphatic carbocycles. The lowest BCUT2D eigenvalue weighted by Crippen LogP contribution is -2.29. The van der Waals surface area contributed by atoms with Crippen LogP contribution in [0.1, 0.15) is 5.56 Å². The molecule has 0 aliphatic rings. The Balaban J connectivity index is 1.92. The molecule has 3 rings (SSSR count). The quantitative estimate of drug-likeness (QED) is 0.518. The van der Waals surface area contributed by atoms with Crippen molar-refractivity contribution in [1.82, 2.24) is 20.1 Å². The van der Waals surface area contributed by atoms with Crippen LogP contribution in [0.5, 0.6) is 11.8 Å². The molecular formula is C18H15F2N5O3. The first kappa shape index (κ1) is 19.0. The number of hydrogen-bond donors (Lipinski definition) is 1. The molecule has 10 heteroatoms. The Bertz CT molecular complexity index is 1020. The number of hydrogen-bond acceptors (Lipinski definition) is 6. The van der Waals surface area contributed by atoms with Gasteiger partial charge in [-0.15, -0.1) is 5.10 Å². The third kappa shape index (κ3) is 4.11. The van der Waals surface area contributed by atoms with Gasteiger partial charge < -0.3 is 14.9 Å². The number of ether oxygens (including phenoxy) is 1. The van der Waals surface area contributed by atoms with Crippen molar-refractivity contribution in [3.8, 4) is 17.4 Å². The monoisotopic (exact) mass is 387 g/mol. The Morgan fingerprint density at radius 3 is 2.64 bits per heavy atom. The van der Waals surface area contributed by atoms with E-state index in [1.807, 2.05) is 0 Å². The van der Waals surface area contributed by atoms with Gasteiger partial charge in [0.2, 0.25) is 11.8 Å². The lowest BCUT2D eigenvalue weighted by molar-refractivity contribution is -0.114. The standard InChI is InChI=1S/C18H15F2N5O3/c1-21-17(26)16(24-27-2)14-4-3-6-22-18(14)28-15-5-7-25(23-15)13-9-11(19)8-12(20)10-13/h3-10H,1-2H3,(H,21,26)/b24-16+. The van der Waals surface area contributed by atoms with Crippen molar-refractivity contribution in [2.45, 2.75) is 0 Å². The Kier molecular flexibility index (Phi) is 5.58. The van der Waals surface area contributed by atoms with Gasteiger partial charge in [-0.3, -0.25) is 4.79 Å².